The van der Waals surface area contributed by atoms with Crippen molar-refractivity contribution in [3.05, 3.63) is 48.0 Å². The molecule has 1 heterocycles. The third kappa shape index (κ3) is 4.51. The smallest absolute Gasteiger partial charge is 0.410 e. The number of nitrogens with zero attached hydrogens (tertiary/aromatic N) is 1. The monoisotopic (exact) mass is 340 g/mol. The van der Waals surface area contributed by atoms with Crippen molar-refractivity contribution < 1.29 is 9.53 Å². The lowest BCUT2D eigenvalue weighted by molar-refractivity contribution is 0.0290. The molecule has 0 bridgehead atoms. The van der Waals surface area contributed by atoms with Gasteiger partial charge in [0.1, 0.15) is 5.60 Å². The SMILES string of the molecule is C[C@@H](N[C@H]1CCN(C(=O)OC(C)(C)C)C1)c1ccc2ccccc2c1. The normalized spacial score (nSPS) is 19.2. The number of ether oxygens (including phenoxy) is 1. The number of carbonyl (C=O) groups is 1. The average Bonchev–Trinajstić information content (AvgIpc) is 3.01. The van der Waals surface area contributed by atoms with Gasteiger partial charge in [0.2, 0.25) is 0 Å². The maximum Gasteiger partial charge on any atom is 0.410 e. The first-order valence-corrected chi connectivity index (χ1v) is 9.04. The van der Waals surface area contributed by atoms with Gasteiger partial charge in [-0.3, -0.25) is 0 Å². The summed E-state index contributed by atoms with van der Waals surface area (Å²) in [4.78, 5) is 14.0. The number of nitrogens with one attached hydrogen (secondary N) is 1. The molecule has 134 valence electrons. The fraction of sp³-hybridized carbons (Fsp3) is 0.476. The molecule has 0 aromatic heterocycles. The molecule has 0 aliphatic carbocycles. The lowest BCUT2D eigenvalue weighted by Gasteiger charge is -2.25. The molecule has 2 atom stereocenters. The molecule has 2 aromatic carbocycles. The van der Waals surface area contributed by atoms with E-state index in [9.17, 15) is 4.79 Å². The van der Waals surface area contributed by atoms with Gasteiger partial charge in [0.25, 0.3) is 0 Å². The van der Waals surface area contributed by atoms with E-state index in [4.69, 9.17) is 4.74 Å². The predicted octanol–water partition coefficient (Wildman–Crippen LogP) is 4.50. The molecule has 1 aliphatic heterocycles. The first kappa shape index (κ1) is 17.7. The third-order valence-electron chi connectivity index (χ3n) is 4.60. The van der Waals surface area contributed by atoms with Crippen molar-refractivity contribution in [1.29, 1.82) is 0 Å². The van der Waals surface area contributed by atoms with Crippen molar-refractivity contribution in [2.75, 3.05) is 13.1 Å². The molecule has 1 saturated heterocycles. The van der Waals surface area contributed by atoms with Crippen LogP contribution in [0.1, 0.15) is 45.7 Å². The Morgan fingerprint density at radius 2 is 1.92 bits per heavy atom. The number of benzene rings is 2. The van der Waals surface area contributed by atoms with Gasteiger partial charge >= 0.3 is 6.09 Å². The molecule has 25 heavy (non-hydrogen) atoms. The molecule has 4 heteroatoms. The molecule has 0 spiro atoms. The number of amides is 1. The summed E-state index contributed by atoms with van der Waals surface area (Å²) in [6, 6.07) is 15.5. The summed E-state index contributed by atoms with van der Waals surface area (Å²) in [5, 5.41) is 6.18. The van der Waals surface area contributed by atoms with Crippen LogP contribution in [0.25, 0.3) is 10.8 Å². The number of fused-ring (bicyclic) bond motifs is 1. The average molecular weight is 340 g/mol. The standard InChI is InChI=1S/C21H28N2O2/c1-15(17-10-9-16-7-5-6-8-18(16)13-17)22-19-11-12-23(14-19)20(24)25-21(2,3)4/h5-10,13,15,19,22H,11-12,14H2,1-4H3/t15-,19+/m1/s1. The highest BCUT2D eigenvalue weighted by molar-refractivity contribution is 5.83. The van der Waals surface area contributed by atoms with E-state index in [1.165, 1.54) is 16.3 Å². The van der Waals surface area contributed by atoms with E-state index in [1.54, 1.807) is 4.90 Å². The van der Waals surface area contributed by atoms with Crippen LogP contribution < -0.4 is 5.32 Å². The van der Waals surface area contributed by atoms with Gasteiger partial charge < -0.3 is 15.0 Å². The number of carbonyl (C=O) groups excluding carboxylic acids is 1. The minimum Gasteiger partial charge on any atom is -0.444 e. The van der Waals surface area contributed by atoms with Crippen LogP contribution in [0.3, 0.4) is 0 Å². The molecule has 1 fully saturated rings. The lowest BCUT2D eigenvalue weighted by Crippen LogP contribution is -2.39. The highest BCUT2D eigenvalue weighted by atomic mass is 16.6. The minimum absolute atomic E-state index is 0.213. The maximum absolute atomic E-state index is 12.2. The Kier molecular flexibility index (Phi) is 5.00. The van der Waals surface area contributed by atoms with Crippen molar-refractivity contribution in [2.45, 2.75) is 51.8 Å². The quantitative estimate of drug-likeness (QED) is 0.894. The second-order valence-corrected chi connectivity index (χ2v) is 7.91. The molecular formula is C21H28N2O2. The number of hydrogen-bond acceptors (Lipinski definition) is 3. The van der Waals surface area contributed by atoms with Crippen LogP contribution in [0.15, 0.2) is 42.5 Å². The van der Waals surface area contributed by atoms with Crippen LogP contribution in [0, 0.1) is 0 Å². The van der Waals surface area contributed by atoms with Gasteiger partial charge in [0.15, 0.2) is 0 Å². The van der Waals surface area contributed by atoms with Gasteiger partial charge in [0.05, 0.1) is 0 Å². The zero-order valence-electron chi connectivity index (χ0n) is 15.6. The Morgan fingerprint density at radius 1 is 1.20 bits per heavy atom. The summed E-state index contributed by atoms with van der Waals surface area (Å²) in [5.41, 5.74) is 0.829. The zero-order chi connectivity index (χ0) is 18.0. The zero-order valence-corrected chi connectivity index (χ0v) is 15.6. The second-order valence-electron chi connectivity index (χ2n) is 7.91. The van der Waals surface area contributed by atoms with Crippen molar-refractivity contribution >= 4 is 16.9 Å². The van der Waals surface area contributed by atoms with Crippen molar-refractivity contribution in [1.82, 2.24) is 10.2 Å². The highest BCUT2D eigenvalue weighted by Crippen LogP contribution is 2.22. The van der Waals surface area contributed by atoms with Gasteiger partial charge in [-0.2, -0.15) is 0 Å². The molecular weight excluding hydrogens is 312 g/mol. The van der Waals surface area contributed by atoms with Gasteiger partial charge in [-0.05, 0) is 56.5 Å². The Bertz CT molecular complexity index is 751. The van der Waals surface area contributed by atoms with Crippen molar-refractivity contribution in [3.8, 4) is 0 Å². The van der Waals surface area contributed by atoms with Crippen LogP contribution in [0.5, 0.6) is 0 Å². The fourth-order valence-electron chi connectivity index (χ4n) is 3.32. The van der Waals surface area contributed by atoms with Crippen LogP contribution in [0.2, 0.25) is 0 Å². The van der Waals surface area contributed by atoms with E-state index in [0.29, 0.717) is 12.6 Å². The minimum atomic E-state index is -0.443. The Hall–Kier alpha value is -2.07. The number of rotatable bonds is 3. The third-order valence-corrected chi connectivity index (χ3v) is 4.60. The summed E-state index contributed by atoms with van der Waals surface area (Å²) in [7, 11) is 0. The topological polar surface area (TPSA) is 41.6 Å². The van der Waals surface area contributed by atoms with Gasteiger partial charge in [-0.15, -0.1) is 0 Å². The number of hydrogen-bond donors (Lipinski definition) is 1. The van der Waals surface area contributed by atoms with E-state index in [-0.39, 0.29) is 12.1 Å². The van der Waals surface area contributed by atoms with Crippen LogP contribution in [0.4, 0.5) is 4.79 Å². The van der Waals surface area contributed by atoms with Gasteiger partial charge in [-0.25, -0.2) is 4.79 Å². The Balaban J connectivity index is 1.59. The Labute approximate surface area is 150 Å². The molecule has 4 nitrogen and oxygen atoms in total. The largest absolute Gasteiger partial charge is 0.444 e. The van der Waals surface area contributed by atoms with Crippen molar-refractivity contribution in [2.24, 2.45) is 0 Å². The van der Waals surface area contributed by atoms with Crippen molar-refractivity contribution in [3.63, 3.8) is 0 Å². The first-order valence-electron chi connectivity index (χ1n) is 9.04. The van der Waals surface area contributed by atoms with E-state index in [0.717, 1.165) is 13.0 Å². The predicted molar refractivity (Wildman–Crippen MR) is 102 cm³/mol. The van der Waals surface area contributed by atoms with E-state index >= 15 is 0 Å². The van der Waals surface area contributed by atoms with E-state index in [1.807, 2.05) is 20.8 Å². The summed E-state index contributed by atoms with van der Waals surface area (Å²) < 4.78 is 5.47. The molecule has 2 aromatic rings. The maximum atomic E-state index is 12.2. The second kappa shape index (κ2) is 7.04. The summed E-state index contributed by atoms with van der Waals surface area (Å²) >= 11 is 0. The Morgan fingerprint density at radius 3 is 2.64 bits per heavy atom. The van der Waals surface area contributed by atoms with Crippen LogP contribution >= 0.6 is 0 Å². The first-order chi connectivity index (χ1) is 11.8. The molecule has 1 amide bonds. The van der Waals surface area contributed by atoms with Crippen LogP contribution in [-0.4, -0.2) is 35.7 Å². The van der Waals surface area contributed by atoms with E-state index in [2.05, 4.69) is 54.7 Å². The summed E-state index contributed by atoms with van der Waals surface area (Å²) in [6.07, 6.45) is 0.743. The lowest BCUT2D eigenvalue weighted by atomic mass is 10.0. The molecule has 1 aliphatic rings. The summed E-state index contributed by atoms with van der Waals surface area (Å²) in [6.45, 7) is 9.33. The highest BCUT2D eigenvalue weighted by Gasteiger charge is 2.30. The molecule has 0 saturated carbocycles. The van der Waals surface area contributed by atoms with Gasteiger partial charge in [0, 0.05) is 25.2 Å². The van der Waals surface area contributed by atoms with Gasteiger partial charge in [-0.1, -0.05) is 36.4 Å². The molecule has 0 radical (unpaired) electrons. The van der Waals surface area contributed by atoms with Crippen LogP contribution in [-0.2, 0) is 4.74 Å². The summed E-state index contributed by atoms with van der Waals surface area (Å²) in [5.74, 6) is 0. The molecule has 3 rings (SSSR count). The molecule has 1 N–H and O–H groups in total. The van der Waals surface area contributed by atoms with E-state index < -0.39 is 5.60 Å². The molecule has 0 unspecified atom stereocenters. The number of likely N-dealkylation sites (tertiary alicyclic amines) is 1. The fourth-order valence-corrected chi connectivity index (χ4v) is 3.32.